The molecule has 1 rings (SSSR count). The van der Waals surface area contributed by atoms with Crippen molar-refractivity contribution in [3.8, 4) is 0 Å². The molecule has 1 saturated carbocycles. The Kier molecular flexibility index (Phi) is 2.74. The molecule has 0 aromatic carbocycles. The maximum atomic E-state index is 8.33. The average Bonchev–Trinajstić information content (AvgIpc) is 2.63. The summed E-state index contributed by atoms with van der Waals surface area (Å²) in [6, 6.07) is 0.772. The largest absolute Gasteiger partial charge is 0.392 e. The van der Waals surface area contributed by atoms with Gasteiger partial charge in [-0.15, -0.1) is 0 Å². The molecular formula is C7H13NO. The van der Waals surface area contributed by atoms with E-state index in [1.807, 2.05) is 6.08 Å². The van der Waals surface area contributed by atoms with Crippen molar-refractivity contribution in [3.05, 3.63) is 12.2 Å². The SMILES string of the molecule is OC/C=C/CNC1CC1. The zero-order valence-corrected chi connectivity index (χ0v) is 5.51. The number of aliphatic hydroxyl groups excluding tert-OH is 1. The minimum atomic E-state index is 0.159. The molecule has 1 aliphatic rings. The Bertz CT molecular complexity index is 97.1. The van der Waals surface area contributed by atoms with Gasteiger partial charge in [-0.1, -0.05) is 12.2 Å². The first kappa shape index (κ1) is 6.78. The minimum absolute atomic E-state index is 0.159. The molecule has 0 aromatic rings. The third-order valence-electron chi connectivity index (χ3n) is 1.37. The lowest BCUT2D eigenvalue weighted by molar-refractivity contribution is 0.342. The standard InChI is InChI=1S/C7H13NO/c9-6-2-1-5-8-7-3-4-7/h1-2,7-9H,3-6H2/b2-1+. The molecule has 1 aliphatic carbocycles. The summed E-state index contributed by atoms with van der Waals surface area (Å²) >= 11 is 0. The first-order valence-corrected chi connectivity index (χ1v) is 3.42. The van der Waals surface area contributed by atoms with Gasteiger partial charge in [-0.25, -0.2) is 0 Å². The third-order valence-corrected chi connectivity index (χ3v) is 1.37. The van der Waals surface area contributed by atoms with E-state index in [4.69, 9.17) is 5.11 Å². The molecule has 0 saturated heterocycles. The Morgan fingerprint density at radius 1 is 1.44 bits per heavy atom. The van der Waals surface area contributed by atoms with Crippen LogP contribution in [-0.2, 0) is 0 Å². The molecule has 52 valence electrons. The lowest BCUT2D eigenvalue weighted by atomic mass is 10.5. The Hall–Kier alpha value is -0.340. The second-order valence-corrected chi connectivity index (χ2v) is 2.34. The Morgan fingerprint density at radius 2 is 2.22 bits per heavy atom. The molecule has 0 unspecified atom stereocenters. The van der Waals surface area contributed by atoms with Gasteiger partial charge in [0.15, 0.2) is 0 Å². The van der Waals surface area contributed by atoms with Gasteiger partial charge in [0.2, 0.25) is 0 Å². The molecule has 0 aromatic heterocycles. The molecule has 2 nitrogen and oxygen atoms in total. The normalized spacial score (nSPS) is 19.2. The smallest absolute Gasteiger partial charge is 0.0612 e. The van der Waals surface area contributed by atoms with E-state index >= 15 is 0 Å². The van der Waals surface area contributed by atoms with Gasteiger partial charge in [0.1, 0.15) is 0 Å². The van der Waals surface area contributed by atoms with Crippen molar-refractivity contribution in [1.82, 2.24) is 5.32 Å². The Labute approximate surface area is 55.6 Å². The van der Waals surface area contributed by atoms with Crippen LogP contribution in [-0.4, -0.2) is 24.3 Å². The van der Waals surface area contributed by atoms with Gasteiger partial charge in [0.25, 0.3) is 0 Å². The lowest BCUT2D eigenvalue weighted by Gasteiger charge is -1.93. The molecule has 0 heterocycles. The predicted octanol–water partition coefficient (Wildman–Crippen LogP) is 0.287. The van der Waals surface area contributed by atoms with Crippen molar-refractivity contribution in [1.29, 1.82) is 0 Å². The second kappa shape index (κ2) is 3.64. The highest BCUT2D eigenvalue weighted by atomic mass is 16.2. The maximum absolute atomic E-state index is 8.33. The molecular weight excluding hydrogens is 114 g/mol. The molecule has 1 fully saturated rings. The van der Waals surface area contributed by atoms with E-state index in [-0.39, 0.29) is 6.61 Å². The highest BCUT2D eigenvalue weighted by Crippen LogP contribution is 2.17. The van der Waals surface area contributed by atoms with Gasteiger partial charge >= 0.3 is 0 Å². The first-order valence-electron chi connectivity index (χ1n) is 3.42. The van der Waals surface area contributed by atoms with Gasteiger partial charge in [-0.2, -0.15) is 0 Å². The zero-order valence-electron chi connectivity index (χ0n) is 5.51. The Morgan fingerprint density at radius 3 is 2.78 bits per heavy atom. The minimum Gasteiger partial charge on any atom is -0.392 e. The highest BCUT2D eigenvalue weighted by molar-refractivity contribution is 4.88. The molecule has 2 N–H and O–H groups in total. The summed E-state index contributed by atoms with van der Waals surface area (Å²) in [4.78, 5) is 0. The van der Waals surface area contributed by atoms with Crippen LogP contribution in [0.1, 0.15) is 12.8 Å². The number of hydrogen-bond acceptors (Lipinski definition) is 2. The zero-order chi connectivity index (χ0) is 6.53. The predicted molar refractivity (Wildman–Crippen MR) is 37.3 cm³/mol. The van der Waals surface area contributed by atoms with Crippen LogP contribution in [0.15, 0.2) is 12.2 Å². The molecule has 0 radical (unpaired) electrons. The van der Waals surface area contributed by atoms with Gasteiger partial charge in [0.05, 0.1) is 6.61 Å². The summed E-state index contributed by atoms with van der Waals surface area (Å²) in [6.07, 6.45) is 6.37. The van der Waals surface area contributed by atoms with Crippen LogP contribution in [0.3, 0.4) is 0 Å². The molecule has 0 spiro atoms. The van der Waals surface area contributed by atoms with Crippen molar-refractivity contribution in [2.45, 2.75) is 18.9 Å². The summed E-state index contributed by atoms with van der Waals surface area (Å²) in [6.45, 7) is 1.07. The van der Waals surface area contributed by atoms with Crippen molar-refractivity contribution >= 4 is 0 Å². The van der Waals surface area contributed by atoms with Crippen LogP contribution in [0, 0.1) is 0 Å². The summed E-state index contributed by atoms with van der Waals surface area (Å²) in [5.74, 6) is 0. The van der Waals surface area contributed by atoms with Gasteiger partial charge in [0, 0.05) is 12.6 Å². The molecule has 0 atom stereocenters. The third kappa shape index (κ3) is 3.27. The second-order valence-electron chi connectivity index (χ2n) is 2.34. The quantitative estimate of drug-likeness (QED) is 0.532. The number of hydrogen-bond donors (Lipinski definition) is 2. The number of nitrogens with one attached hydrogen (secondary N) is 1. The fourth-order valence-electron chi connectivity index (χ4n) is 0.680. The molecule has 9 heavy (non-hydrogen) atoms. The maximum Gasteiger partial charge on any atom is 0.0612 e. The monoisotopic (exact) mass is 127 g/mol. The van der Waals surface area contributed by atoms with Crippen LogP contribution in [0.25, 0.3) is 0 Å². The summed E-state index contributed by atoms with van der Waals surface area (Å²) < 4.78 is 0. The van der Waals surface area contributed by atoms with E-state index in [2.05, 4.69) is 5.32 Å². The fraction of sp³-hybridized carbons (Fsp3) is 0.714. The number of aliphatic hydroxyl groups is 1. The summed E-state index contributed by atoms with van der Waals surface area (Å²) in [5, 5.41) is 11.6. The average molecular weight is 127 g/mol. The molecule has 0 aliphatic heterocycles. The van der Waals surface area contributed by atoms with Crippen LogP contribution >= 0.6 is 0 Å². The van der Waals surface area contributed by atoms with Crippen LogP contribution in [0.5, 0.6) is 0 Å². The lowest BCUT2D eigenvalue weighted by Crippen LogP contribution is -2.15. The topological polar surface area (TPSA) is 32.3 Å². The molecule has 0 bridgehead atoms. The van der Waals surface area contributed by atoms with Crippen molar-refractivity contribution < 1.29 is 5.11 Å². The van der Waals surface area contributed by atoms with Crippen molar-refractivity contribution in [3.63, 3.8) is 0 Å². The van der Waals surface area contributed by atoms with Crippen molar-refractivity contribution in [2.75, 3.05) is 13.2 Å². The summed E-state index contributed by atoms with van der Waals surface area (Å²) in [7, 11) is 0. The molecule has 2 heteroatoms. The molecule has 0 amide bonds. The van der Waals surface area contributed by atoms with E-state index in [1.54, 1.807) is 6.08 Å². The van der Waals surface area contributed by atoms with E-state index in [9.17, 15) is 0 Å². The van der Waals surface area contributed by atoms with E-state index in [0.29, 0.717) is 0 Å². The summed E-state index contributed by atoms with van der Waals surface area (Å²) in [5.41, 5.74) is 0. The number of rotatable bonds is 4. The van der Waals surface area contributed by atoms with Gasteiger partial charge in [-0.3, -0.25) is 0 Å². The fourth-order valence-corrected chi connectivity index (χ4v) is 0.680. The van der Waals surface area contributed by atoms with Crippen molar-refractivity contribution in [2.24, 2.45) is 0 Å². The van der Waals surface area contributed by atoms with Crippen LogP contribution in [0.4, 0.5) is 0 Å². The van der Waals surface area contributed by atoms with Gasteiger partial charge < -0.3 is 10.4 Å². The van der Waals surface area contributed by atoms with Gasteiger partial charge in [-0.05, 0) is 12.8 Å². The first-order chi connectivity index (χ1) is 4.43. The van der Waals surface area contributed by atoms with Crippen LogP contribution < -0.4 is 5.32 Å². The Balaban J connectivity index is 1.85. The van der Waals surface area contributed by atoms with E-state index in [1.165, 1.54) is 12.8 Å². The van der Waals surface area contributed by atoms with E-state index in [0.717, 1.165) is 12.6 Å². The van der Waals surface area contributed by atoms with E-state index < -0.39 is 0 Å². The van der Waals surface area contributed by atoms with Crippen LogP contribution in [0.2, 0.25) is 0 Å². The highest BCUT2D eigenvalue weighted by Gasteiger charge is 2.18.